The number of fused-ring (bicyclic) bond motifs is 1. The lowest BCUT2D eigenvalue weighted by atomic mass is 9.87. The number of thioether (sulfide) groups is 1. The molecule has 0 aromatic heterocycles. The largest absolute Gasteiger partial charge is 0.362 e. The molecule has 0 radical (unpaired) electrons. The lowest BCUT2D eigenvalue weighted by Gasteiger charge is -2.43. The van der Waals surface area contributed by atoms with E-state index in [0.29, 0.717) is 21.6 Å². The smallest absolute Gasteiger partial charge is 0.267 e. The van der Waals surface area contributed by atoms with Gasteiger partial charge < -0.3 is 4.90 Å². The van der Waals surface area contributed by atoms with Crippen molar-refractivity contribution >= 4 is 57.5 Å². The molecule has 38 heavy (non-hydrogen) atoms. The first-order valence-electron chi connectivity index (χ1n) is 13.0. The molecule has 5 rings (SSSR count). The fraction of sp³-hybridized carbons (Fsp3) is 0.250. The van der Waals surface area contributed by atoms with Crippen LogP contribution < -0.4 is 4.90 Å². The Kier molecular flexibility index (Phi) is 7.51. The van der Waals surface area contributed by atoms with Crippen molar-refractivity contribution in [3.8, 4) is 0 Å². The number of benzene rings is 3. The molecule has 1 fully saturated rings. The molecular weight excluding hydrogens is 510 g/mol. The van der Waals surface area contributed by atoms with E-state index >= 15 is 0 Å². The zero-order valence-electron chi connectivity index (χ0n) is 22.2. The predicted octanol–water partition coefficient (Wildman–Crippen LogP) is 8.56. The molecule has 2 aliphatic heterocycles. The molecule has 0 atom stereocenters. The summed E-state index contributed by atoms with van der Waals surface area (Å²) in [5, 5.41) is 1.30. The molecule has 2 aliphatic rings. The third-order valence-corrected chi connectivity index (χ3v) is 8.22. The molecule has 0 N–H and O–H groups in total. The van der Waals surface area contributed by atoms with Gasteiger partial charge in [-0.2, -0.15) is 0 Å². The van der Waals surface area contributed by atoms with Gasteiger partial charge in [-0.3, -0.25) is 9.69 Å². The van der Waals surface area contributed by atoms with E-state index in [1.54, 1.807) is 4.90 Å². The van der Waals surface area contributed by atoms with Crippen LogP contribution in [0.3, 0.4) is 0 Å². The van der Waals surface area contributed by atoms with Crippen molar-refractivity contribution in [3.63, 3.8) is 0 Å². The van der Waals surface area contributed by atoms with Crippen LogP contribution >= 0.6 is 23.4 Å². The molecule has 3 aromatic rings. The van der Waals surface area contributed by atoms with Crippen LogP contribution in [0.15, 0.2) is 88.8 Å². The Balaban J connectivity index is 1.54. The summed E-state index contributed by atoms with van der Waals surface area (Å²) in [7, 11) is 0. The van der Waals surface area contributed by atoms with Crippen molar-refractivity contribution < 1.29 is 4.79 Å². The van der Waals surface area contributed by atoms with Crippen molar-refractivity contribution in [2.45, 2.75) is 46.2 Å². The Labute approximate surface area is 234 Å². The third-order valence-electron chi connectivity index (χ3n) is 6.88. The van der Waals surface area contributed by atoms with Gasteiger partial charge in [0.1, 0.15) is 0 Å². The van der Waals surface area contributed by atoms with Gasteiger partial charge in [0.25, 0.3) is 5.91 Å². The highest BCUT2D eigenvalue weighted by molar-refractivity contribution is 8.18. The number of carbonyl (C=O) groups is 1. The number of amidine groups is 1. The Hall–Kier alpha value is -3.28. The molecule has 194 valence electrons. The van der Waals surface area contributed by atoms with Crippen LogP contribution in [0.25, 0.3) is 11.6 Å². The Bertz CT molecular complexity index is 1440. The van der Waals surface area contributed by atoms with Crippen LogP contribution in [0.1, 0.15) is 50.8 Å². The Morgan fingerprint density at radius 1 is 1.03 bits per heavy atom. The zero-order valence-corrected chi connectivity index (χ0v) is 23.8. The molecule has 0 saturated carbocycles. The number of hydrogen-bond donors (Lipinski definition) is 0. The van der Waals surface area contributed by atoms with E-state index in [2.05, 4.69) is 50.8 Å². The summed E-state index contributed by atoms with van der Waals surface area (Å²) in [6.07, 6.45) is 5.28. The first-order valence-corrected chi connectivity index (χ1v) is 14.2. The van der Waals surface area contributed by atoms with Crippen LogP contribution in [-0.4, -0.2) is 28.1 Å². The minimum Gasteiger partial charge on any atom is -0.362 e. The van der Waals surface area contributed by atoms with E-state index < -0.39 is 0 Å². The van der Waals surface area contributed by atoms with Crippen LogP contribution in [-0.2, 0) is 11.3 Å². The first-order chi connectivity index (χ1) is 18.3. The van der Waals surface area contributed by atoms with Crippen molar-refractivity contribution in [1.82, 2.24) is 4.90 Å². The number of allylic oxidation sites excluding steroid dienone is 1. The Morgan fingerprint density at radius 3 is 2.39 bits per heavy atom. The SMILES string of the molecule is CCCN1c2cc(Cl)c(/C=C3/SC(=Nc4ccccc4)N(Cc4ccccc4)C3=O)cc2C(C)=CC1(C)C. The summed E-state index contributed by atoms with van der Waals surface area (Å²) in [4.78, 5) is 23.3. The molecule has 3 aromatic carbocycles. The number of carbonyl (C=O) groups excluding carboxylic acids is 1. The molecule has 0 spiro atoms. The molecular formula is C32H32ClN3OS. The van der Waals surface area contributed by atoms with Gasteiger partial charge in [0, 0.05) is 22.8 Å². The average Bonchev–Trinajstić information content (AvgIpc) is 3.17. The number of para-hydroxylation sites is 1. The standard InChI is InChI=1S/C32H32ClN3OS/c1-5-16-36-28-19-27(33)24(17-26(28)22(2)20-32(36,3)4)18-29-30(37)35(21-23-12-8-6-9-13-23)31(38-29)34-25-14-10-7-11-15-25/h6-15,17-20H,5,16,21H2,1-4H3/b29-18+,34-31?. The van der Waals surface area contributed by atoms with Gasteiger partial charge in [0.15, 0.2) is 5.17 Å². The van der Waals surface area contributed by atoms with Gasteiger partial charge in [-0.05, 0) is 86.0 Å². The van der Waals surface area contributed by atoms with Crippen LogP contribution in [0, 0.1) is 0 Å². The maximum atomic E-state index is 13.7. The van der Waals surface area contributed by atoms with Crippen molar-refractivity contribution in [1.29, 1.82) is 0 Å². The average molecular weight is 542 g/mol. The number of halogens is 1. The second-order valence-corrected chi connectivity index (χ2v) is 11.7. The van der Waals surface area contributed by atoms with Crippen LogP contribution in [0.4, 0.5) is 11.4 Å². The van der Waals surface area contributed by atoms with E-state index in [1.807, 2.05) is 66.7 Å². The number of hydrogen-bond acceptors (Lipinski definition) is 4. The van der Waals surface area contributed by atoms with Crippen molar-refractivity contribution in [3.05, 3.63) is 105 Å². The quantitative estimate of drug-likeness (QED) is 0.293. The lowest BCUT2D eigenvalue weighted by Crippen LogP contribution is -2.45. The van der Waals surface area contributed by atoms with E-state index in [1.165, 1.54) is 17.3 Å². The molecule has 0 bridgehead atoms. The van der Waals surface area contributed by atoms with Crippen LogP contribution in [0.5, 0.6) is 0 Å². The maximum Gasteiger partial charge on any atom is 0.267 e. The predicted molar refractivity (Wildman–Crippen MR) is 163 cm³/mol. The van der Waals surface area contributed by atoms with Gasteiger partial charge in [-0.1, -0.05) is 73.1 Å². The third kappa shape index (κ3) is 5.31. The zero-order chi connectivity index (χ0) is 26.9. The highest BCUT2D eigenvalue weighted by atomic mass is 35.5. The fourth-order valence-electron chi connectivity index (χ4n) is 5.11. The monoisotopic (exact) mass is 541 g/mol. The number of amides is 1. The molecule has 6 heteroatoms. The second kappa shape index (κ2) is 10.8. The van der Waals surface area contributed by atoms with E-state index in [-0.39, 0.29) is 11.4 Å². The number of nitrogens with zero attached hydrogens (tertiary/aromatic N) is 3. The molecule has 0 aliphatic carbocycles. The van der Waals surface area contributed by atoms with Gasteiger partial charge in [-0.15, -0.1) is 0 Å². The molecule has 1 saturated heterocycles. The fourth-order valence-corrected chi connectivity index (χ4v) is 6.31. The normalized spacial score (nSPS) is 18.8. The summed E-state index contributed by atoms with van der Waals surface area (Å²) < 4.78 is 0. The number of rotatable bonds is 6. The lowest BCUT2D eigenvalue weighted by molar-refractivity contribution is -0.122. The molecule has 0 unspecified atom stereocenters. The van der Waals surface area contributed by atoms with Gasteiger partial charge >= 0.3 is 0 Å². The summed E-state index contributed by atoms with van der Waals surface area (Å²) in [6.45, 7) is 10.2. The first kappa shape index (κ1) is 26.3. The molecule has 2 heterocycles. The van der Waals surface area contributed by atoms with Crippen molar-refractivity contribution in [2.75, 3.05) is 11.4 Å². The summed E-state index contributed by atoms with van der Waals surface area (Å²) in [6, 6.07) is 23.9. The molecule has 1 amide bonds. The highest BCUT2D eigenvalue weighted by Crippen LogP contribution is 2.43. The van der Waals surface area contributed by atoms with E-state index in [0.717, 1.165) is 41.0 Å². The molecule has 4 nitrogen and oxygen atoms in total. The minimum absolute atomic E-state index is 0.0664. The highest BCUT2D eigenvalue weighted by Gasteiger charge is 2.35. The maximum absolute atomic E-state index is 13.7. The Morgan fingerprint density at radius 2 is 1.71 bits per heavy atom. The second-order valence-electron chi connectivity index (χ2n) is 10.2. The topological polar surface area (TPSA) is 35.9 Å². The van der Waals surface area contributed by atoms with E-state index in [9.17, 15) is 4.79 Å². The van der Waals surface area contributed by atoms with Gasteiger partial charge in [0.2, 0.25) is 0 Å². The van der Waals surface area contributed by atoms with Gasteiger partial charge in [0.05, 0.1) is 22.7 Å². The van der Waals surface area contributed by atoms with Gasteiger partial charge in [-0.25, -0.2) is 4.99 Å². The minimum atomic E-state index is -0.0889. The summed E-state index contributed by atoms with van der Waals surface area (Å²) >= 11 is 8.27. The number of anilines is 1. The van der Waals surface area contributed by atoms with E-state index in [4.69, 9.17) is 16.6 Å². The van der Waals surface area contributed by atoms with Crippen LogP contribution in [0.2, 0.25) is 5.02 Å². The van der Waals surface area contributed by atoms with Crippen molar-refractivity contribution in [2.24, 2.45) is 4.99 Å². The summed E-state index contributed by atoms with van der Waals surface area (Å²) in [5.74, 6) is -0.0664. The summed E-state index contributed by atoms with van der Waals surface area (Å²) in [5.41, 5.74) is 6.13. The number of aliphatic imine (C=N–C) groups is 1.